The zero-order chi connectivity index (χ0) is 24.9. The highest BCUT2D eigenvalue weighted by atomic mass is 16.3. The average molecular weight is 485 g/mol. The van der Waals surface area contributed by atoms with Gasteiger partial charge in [-0.05, 0) is 101 Å². The van der Waals surface area contributed by atoms with Crippen molar-refractivity contribution in [1.82, 2.24) is 0 Å². The second-order valence-corrected chi connectivity index (χ2v) is 13.7. The molecule has 0 atom stereocenters. The summed E-state index contributed by atoms with van der Waals surface area (Å²) in [5.74, 6) is 2.93. The standard InChI is InChI=1S/C36H36O/c1-35(2,3)32-28(14-15-31-30-13-10-25-6-4-5-7-29(25)33(30)37-34(31)32)26-8-11-27(12-9-26)36-19-22-16-23(20-36)18-24(17-22)21-36/h4-15,22-24H,16-21H2,1-3H3. The zero-order valence-corrected chi connectivity index (χ0v) is 22.3. The van der Waals surface area contributed by atoms with Crippen LogP contribution in [0.15, 0.2) is 77.2 Å². The number of benzene rings is 4. The minimum atomic E-state index is -0.0445. The lowest BCUT2D eigenvalue weighted by atomic mass is 9.48. The van der Waals surface area contributed by atoms with Crippen molar-refractivity contribution in [2.75, 3.05) is 0 Å². The van der Waals surface area contributed by atoms with Crippen LogP contribution in [0.2, 0.25) is 0 Å². The maximum atomic E-state index is 6.77. The number of fused-ring (bicyclic) bond motifs is 5. The Kier molecular flexibility index (Phi) is 4.45. The minimum Gasteiger partial charge on any atom is -0.455 e. The molecular formula is C36H36O. The summed E-state index contributed by atoms with van der Waals surface area (Å²) < 4.78 is 6.77. The van der Waals surface area contributed by atoms with E-state index >= 15 is 0 Å². The molecule has 4 fully saturated rings. The van der Waals surface area contributed by atoms with E-state index in [0.717, 1.165) is 28.9 Å². The van der Waals surface area contributed by atoms with Crippen molar-refractivity contribution in [3.8, 4) is 11.1 Å². The van der Waals surface area contributed by atoms with Crippen molar-refractivity contribution >= 4 is 32.7 Å². The first-order valence-electron chi connectivity index (χ1n) is 14.4. The van der Waals surface area contributed by atoms with Gasteiger partial charge in [-0.25, -0.2) is 0 Å². The van der Waals surface area contributed by atoms with Gasteiger partial charge in [0.15, 0.2) is 0 Å². The zero-order valence-electron chi connectivity index (χ0n) is 22.3. The highest BCUT2D eigenvalue weighted by molar-refractivity contribution is 6.16. The lowest BCUT2D eigenvalue weighted by Crippen LogP contribution is -2.48. The van der Waals surface area contributed by atoms with E-state index < -0.39 is 0 Å². The topological polar surface area (TPSA) is 13.1 Å². The van der Waals surface area contributed by atoms with Crippen LogP contribution in [-0.2, 0) is 10.8 Å². The molecular weight excluding hydrogens is 448 g/mol. The summed E-state index contributed by atoms with van der Waals surface area (Å²) in [5.41, 5.74) is 7.98. The summed E-state index contributed by atoms with van der Waals surface area (Å²) >= 11 is 0. The third kappa shape index (κ3) is 3.22. The van der Waals surface area contributed by atoms with E-state index in [1.807, 2.05) is 0 Å². The molecule has 37 heavy (non-hydrogen) atoms. The number of hydrogen-bond donors (Lipinski definition) is 0. The summed E-state index contributed by atoms with van der Waals surface area (Å²) in [6.45, 7) is 6.96. The Balaban J connectivity index is 1.28. The van der Waals surface area contributed by atoms with Crippen LogP contribution in [0.5, 0.6) is 0 Å². The SMILES string of the molecule is CC(C)(C)c1c(-c2ccc(C34CC5CC(CC(C5)C3)C4)cc2)ccc2c1oc1c3ccccc3ccc21. The Morgan fingerprint density at radius 2 is 1.27 bits per heavy atom. The monoisotopic (exact) mass is 484 g/mol. The van der Waals surface area contributed by atoms with E-state index in [4.69, 9.17) is 4.42 Å². The lowest BCUT2D eigenvalue weighted by Gasteiger charge is -2.57. The van der Waals surface area contributed by atoms with Gasteiger partial charge in [-0.3, -0.25) is 0 Å². The van der Waals surface area contributed by atoms with E-state index in [2.05, 4.69) is 93.6 Å². The van der Waals surface area contributed by atoms with Crippen LogP contribution in [0, 0.1) is 17.8 Å². The number of hydrogen-bond acceptors (Lipinski definition) is 1. The molecule has 186 valence electrons. The third-order valence-electron chi connectivity index (χ3n) is 10.1. The van der Waals surface area contributed by atoms with Gasteiger partial charge in [0.05, 0.1) is 0 Å². The molecule has 1 heteroatoms. The summed E-state index contributed by atoms with van der Waals surface area (Å²) in [6, 6.07) is 27.4. The maximum Gasteiger partial charge on any atom is 0.143 e. The lowest BCUT2D eigenvalue weighted by molar-refractivity contribution is -0.00518. The highest BCUT2D eigenvalue weighted by Gasteiger charge is 2.51. The molecule has 0 N–H and O–H groups in total. The predicted molar refractivity (Wildman–Crippen MR) is 155 cm³/mol. The van der Waals surface area contributed by atoms with Gasteiger partial charge < -0.3 is 4.42 Å². The second kappa shape index (κ2) is 7.50. The maximum absolute atomic E-state index is 6.77. The molecule has 1 aromatic heterocycles. The first kappa shape index (κ1) is 22.0. The van der Waals surface area contributed by atoms with Crippen LogP contribution >= 0.6 is 0 Å². The molecule has 9 rings (SSSR count). The molecule has 0 unspecified atom stereocenters. The molecule has 4 bridgehead atoms. The van der Waals surface area contributed by atoms with Crippen LogP contribution in [0.4, 0.5) is 0 Å². The molecule has 4 saturated carbocycles. The molecule has 4 aromatic carbocycles. The Hall–Kier alpha value is -3.06. The van der Waals surface area contributed by atoms with Gasteiger partial charge in [-0.2, -0.15) is 0 Å². The van der Waals surface area contributed by atoms with E-state index in [1.165, 1.54) is 76.8 Å². The van der Waals surface area contributed by atoms with E-state index in [9.17, 15) is 0 Å². The van der Waals surface area contributed by atoms with Crippen LogP contribution in [0.3, 0.4) is 0 Å². The van der Waals surface area contributed by atoms with Gasteiger partial charge in [0.2, 0.25) is 0 Å². The third-order valence-corrected chi connectivity index (χ3v) is 10.1. The van der Waals surface area contributed by atoms with Crippen LogP contribution in [0.25, 0.3) is 43.8 Å². The fraction of sp³-hybridized carbons (Fsp3) is 0.389. The molecule has 0 saturated heterocycles. The van der Waals surface area contributed by atoms with Crippen molar-refractivity contribution in [2.24, 2.45) is 17.8 Å². The Morgan fingerprint density at radius 3 is 1.95 bits per heavy atom. The average Bonchev–Trinajstić information content (AvgIpc) is 3.26. The molecule has 0 spiro atoms. The summed E-state index contributed by atoms with van der Waals surface area (Å²) in [6.07, 6.45) is 8.76. The van der Waals surface area contributed by atoms with Gasteiger partial charge in [-0.15, -0.1) is 0 Å². The van der Waals surface area contributed by atoms with Crippen molar-refractivity contribution in [3.05, 3.63) is 83.9 Å². The van der Waals surface area contributed by atoms with Gasteiger partial charge >= 0.3 is 0 Å². The van der Waals surface area contributed by atoms with Gasteiger partial charge in [0.25, 0.3) is 0 Å². The molecule has 4 aliphatic carbocycles. The van der Waals surface area contributed by atoms with Crippen molar-refractivity contribution in [3.63, 3.8) is 0 Å². The number of furan rings is 1. The molecule has 1 heterocycles. The molecule has 1 nitrogen and oxygen atoms in total. The molecule has 0 radical (unpaired) electrons. The summed E-state index contributed by atoms with van der Waals surface area (Å²) in [5, 5.41) is 4.85. The summed E-state index contributed by atoms with van der Waals surface area (Å²) in [4.78, 5) is 0. The van der Waals surface area contributed by atoms with Gasteiger partial charge in [-0.1, -0.05) is 81.4 Å². The molecule has 5 aromatic rings. The quantitative estimate of drug-likeness (QED) is 0.243. The van der Waals surface area contributed by atoms with Gasteiger partial charge in [0.1, 0.15) is 11.2 Å². The van der Waals surface area contributed by atoms with Crippen molar-refractivity contribution in [1.29, 1.82) is 0 Å². The van der Waals surface area contributed by atoms with Crippen molar-refractivity contribution < 1.29 is 4.42 Å². The van der Waals surface area contributed by atoms with E-state index in [-0.39, 0.29) is 5.41 Å². The summed E-state index contributed by atoms with van der Waals surface area (Å²) in [7, 11) is 0. The predicted octanol–water partition coefficient (Wildman–Crippen LogP) is 10.2. The highest BCUT2D eigenvalue weighted by Crippen LogP contribution is 2.60. The van der Waals surface area contributed by atoms with Crippen LogP contribution < -0.4 is 0 Å². The molecule has 0 aliphatic heterocycles. The van der Waals surface area contributed by atoms with Crippen molar-refractivity contribution in [2.45, 2.75) is 70.1 Å². The fourth-order valence-electron chi connectivity index (χ4n) is 9.02. The Bertz CT molecular complexity index is 1640. The normalized spacial score (nSPS) is 27.1. The Morgan fingerprint density at radius 1 is 0.649 bits per heavy atom. The Labute approximate surface area is 219 Å². The minimum absolute atomic E-state index is 0.0445. The first-order chi connectivity index (χ1) is 17.9. The number of rotatable bonds is 2. The second-order valence-electron chi connectivity index (χ2n) is 13.7. The largest absolute Gasteiger partial charge is 0.455 e. The van der Waals surface area contributed by atoms with Crippen LogP contribution in [-0.4, -0.2) is 0 Å². The fourth-order valence-corrected chi connectivity index (χ4v) is 9.02. The van der Waals surface area contributed by atoms with E-state index in [0.29, 0.717) is 5.41 Å². The van der Waals surface area contributed by atoms with Crippen LogP contribution in [0.1, 0.15) is 70.4 Å². The smallest absolute Gasteiger partial charge is 0.143 e. The molecule has 4 aliphatic rings. The van der Waals surface area contributed by atoms with E-state index in [1.54, 1.807) is 5.56 Å². The first-order valence-corrected chi connectivity index (χ1v) is 14.4. The van der Waals surface area contributed by atoms with Gasteiger partial charge in [0, 0.05) is 21.7 Å². The molecule has 0 amide bonds.